The van der Waals surface area contributed by atoms with Crippen LogP contribution >= 0.6 is 0 Å². The zero-order valence-corrected chi connectivity index (χ0v) is 10.8. The van der Waals surface area contributed by atoms with Gasteiger partial charge in [0.15, 0.2) is 0 Å². The van der Waals surface area contributed by atoms with Gasteiger partial charge in [0.05, 0.1) is 5.75 Å². The Morgan fingerprint density at radius 3 is 2.25 bits per heavy atom. The molecule has 4 nitrogen and oxygen atoms in total. The fourth-order valence-corrected chi connectivity index (χ4v) is 3.08. The third-order valence-corrected chi connectivity index (χ3v) is 5.04. The first-order valence-electron chi connectivity index (χ1n) is 5.79. The van der Waals surface area contributed by atoms with E-state index in [4.69, 9.17) is 0 Å². The van der Waals surface area contributed by atoms with Gasteiger partial charge in [-0.25, -0.2) is 12.8 Å². The molecule has 0 bridgehead atoms. The molecule has 1 aliphatic heterocycles. The summed E-state index contributed by atoms with van der Waals surface area (Å²) >= 11 is 0. The Labute approximate surface area is 97.5 Å². The summed E-state index contributed by atoms with van der Waals surface area (Å²) in [6, 6.07) is 0.492. The molecule has 0 aromatic carbocycles. The number of piperazine rings is 1. The van der Waals surface area contributed by atoms with E-state index in [1.165, 1.54) is 4.31 Å². The summed E-state index contributed by atoms with van der Waals surface area (Å²) in [4.78, 5) is 2.28. The molecule has 1 aliphatic rings. The van der Waals surface area contributed by atoms with Crippen LogP contribution in [0.2, 0.25) is 0 Å². The Balaban J connectivity index is 2.49. The van der Waals surface area contributed by atoms with Crippen molar-refractivity contribution in [1.82, 2.24) is 9.21 Å². The molecular formula is C10H21FN2O2S. The van der Waals surface area contributed by atoms with Crippen molar-refractivity contribution < 1.29 is 12.8 Å². The Hall–Kier alpha value is -0.200. The molecule has 1 unspecified atom stereocenters. The monoisotopic (exact) mass is 252 g/mol. The highest BCUT2D eigenvalue weighted by molar-refractivity contribution is 7.89. The van der Waals surface area contributed by atoms with Crippen LogP contribution in [0.3, 0.4) is 0 Å². The van der Waals surface area contributed by atoms with Crippen LogP contribution in [0.4, 0.5) is 4.39 Å². The van der Waals surface area contributed by atoms with Gasteiger partial charge in [-0.3, -0.25) is 4.90 Å². The second kappa shape index (κ2) is 5.93. The van der Waals surface area contributed by atoms with Crippen LogP contribution < -0.4 is 0 Å². The molecule has 0 aromatic heterocycles. The minimum atomic E-state index is -3.36. The number of hydrogen-bond donors (Lipinski definition) is 0. The first-order valence-corrected chi connectivity index (χ1v) is 7.40. The van der Waals surface area contributed by atoms with Crippen LogP contribution in [0.1, 0.15) is 20.3 Å². The van der Waals surface area contributed by atoms with Gasteiger partial charge in [0.25, 0.3) is 0 Å². The lowest BCUT2D eigenvalue weighted by molar-refractivity contribution is 0.142. The molecule has 0 saturated carbocycles. The van der Waals surface area contributed by atoms with Gasteiger partial charge in [-0.05, 0) is 13.3 Å². The van der Waals surface area contributed by atoms with Crippen molar-refractivity contribution in [3.8, 4) is 0 Å². The molecule has 16 heavy (non-hydrogen) atoms. The molecule has 1 saturated heterocycles. The van der Waals surface area contributed by atoms with E-state index in [2.05, 4.69) is 18.7 Å². The lowest BCUT2D eigenvalue weighted by atomic mass is 10.2. The van der Waals surface area contributed by atoms with Crippen LogP contribution in [0.5, 0.6) is 0 Å². The Morgan fingerprint density at radius 1 is 1.25 bits per heavy atom. The summed E-state index contributed by atoms with van der Waals surface area (Å²) in [5.41, 5.74) is 0. The molecule has 6 heteroatoms. The standard InChI is InChI=1S/C10H21FN2O2S/c1-3-10(2)12-5-7-13(8-6-12)16(14,15)9-4-11/h10H,3-9H2,1-2H3. The normalized spacial score (nSPS) is 22.2. The first-order chi connectivity index (χ1) is 7.51. The highest BCUT2D eigenvalue weighted by Crippen LogP contribution is 2.12. The minimum Gasteiger partial charge on any atom is -0.298 e. The van der Waals surface area contributed by atoms with E-state index in [1.54, 1.807) is 0 Å². The maximum absolute atomic E-state index is 12.1. The summed E-state index contributed by atoms with van der Waals surface area (Å²) in [6.07, 6.45) is 1.07. The van der Waals surface area contributed by atoms with E-state index in [0.29, 0.717) is 19.1 Å². The van der Waals surface area contributed by atoms with Crippen molar-refractivity contribution in [3.05, 3.63) is 0 Å². The van der Waals surface area contributed by atoms with Gasteiger partial charge in [-0.1, -0.05) is 6.92 Å². The number of halogens is 1. The molecule has 1 heterocycles. The highest BCUT2D eigenvalue weighted by Gasteiger charge is 2.27. The Kier molecular flexibility index (Phi) is 5.14. The second-order valence-corrected chi connectivity index (χ2v) is 6.29. The maximum atomic E-state index is 12.1. The van der Waals surface area contributed by atoms with Gasteiger partial charge in [-0.15, -0.1) is 0 Å². The van der Waals surface area contributed by atoms with Gasteiger partial charge < -0.3 is 0 Å². The average molecular weight is 252 g/mol. The molecule has 0 radical (unpaired) electrons. The fourth-order valence-electron chi connectivity index (χ4n) is 1.91. The molecule has 0 N–H and O–H groups in total. The quantitative estimate of drug-likeness (QED) is 0.723. The van der Waals surface area contributed by atoms with Gasteiger partial charge in [0.2, 0.25) is 10.0 Å². The van der Waals surface area contributed by atoms with E-state index in [1.807, 2.05) is 0 Å². The maximum Gasteiger partial charge on any atom is 0.216 e. The lowest BCUT2D eigenvalue weighted by Gasteiger charge is -2.37. The number of hydrogen-bond acceptors (Lipinski definition) is 3. The van der Waals surface area contributed by atoms with Crippen LogP contribution in [-0.2, 0) is 10.0 Å². The fraction of sp³-hybridized carbons (Fsp3) is 1.00. The Bertz CT molecular complexity index is 300. The molecule has 1 fully saturated rings. The summed E-state index contributed by atoms with van der Waals surface area (Å²) in [5.74, 6) is -0.379. The van der Waals surface area contributed by atoms with E-state index >= 15 is 0 Å². The molecule has 1 rings (SSSR count). The number of alkyl halides is 1. The molecule has 0 amide bonds. The third kappa shape index (κ3) is 3.40. The molecule has 0 spiro atoms. The van der Waals surface area contributed by atoms with E-state index < -0.39 is 16.7 Å². The van der Waals surface area contributed by atoms with Crippen LogP contribution in [0.25, 0.3) is 0 Å². The van der Waals surface area contributed by atoms with E-state index in [0.717, 1.165) is 19.5 Å². The molecular weight excluding hydrogens is 231 g/mol. The first kappa shape index (κ1) is 13.9. The lowest BCUT2D eigenvalue weighted by Crippen LogP contribution is -2.51. The molecule has 0 aliphatic carbocycles. The van der Waals surface area contributed by atoms with Crippen molar-refractivity contribution in [2.75, 3.05) is 38.6 Å². The van der Waals surface area contributed by atoms with Crippen molar-refractivity contribution >= 4 is 10.0 Å². The zero-order chi connectivity index (χ0) is 12.2. The topological polar surface area (TPSA) is 40.6 Å². The minimum absolute atomic E-state index is 0.379. The largest absolute Gasteiger partial charge is 0.298 e. The van der Waals surface area contributed by atoms with Crippen molar-refractivity contribution in [1.29, 1.82) is 0 Å². The molecule has 96 valence electrons. The van der Waals surface area contributed by atoms with E-state index in [-0.39, 0.29) is 5.75 Å². The number of nitrogens with zero attached hydrogens (tertiary/aromatic N) is 2. The summed E-state index contributed by atoms with van der Waals surface area (Å²) in [5, 5.41) is 0. The van der Waals surface area contributed by atoms with Crippen LogP contribution in [0, 0.1) is 0 Å². The smallest absolute Gasteiger partial charge is 0.216 e. The predicted molar refractivity (Wildman–Crippen MR) is 62.7 cm³/mol. The highest BCUT2D eigenvalue weighted by atomic mass is 32.2. The van der Waals surface area contributed by atoms with Gasteiger partial charge in [0, 0.05) is 32.2 Å². The number of sulfonamides is 1. The molecule has 1 atom stereocenters. The zero-order valence-electron chi connectivity index (χ0n) is 10.0. The summed E-state index contributed by atoms with van der Waals surface area (Å²) in [6.45, 7) is 5.96. The van der Waals surface area contributed by atoms with Gasteiger partial charge in [-0.2, -0.15) is 4.31 Å². The van der Waals surface area contributed by atoms with Crippen LogP contribution in [0.15, 0.2) is 0 Å². The predicted octanol–water partition coefficient (Wildman–Crippen LogP) is 0.702. The summed E-state index contributed by atoms with van der Waals surface area (Å²) < 4.78 is 36.7. The van der Waals surface area contributed by atoms with Gasteiger partial charge >= 0.3 is 0 Å². The van der Waals surface area contributed by atoms with Gasteiger partial charge in [0.1, 0.15) is 6.67 Å². The van der Waals surface area contributed by atoms with Crippen molar-refractivity contribution in [2.24, 2.45) is 0 Å². The summed E-state index contributed by atoms with van der Waals surface area (Å²) in [7, 11) is -3.36. The average Bonchev–Trinajstić information content (AvgIpc) is 2.28. The SMILES string of the molecule is CCC(C)N1CCN(S(=O)(=O)CCF)CC1. The Morgan fingerprint density at radius 2 is 1.81 bits per heavy atom. The third-order valence-electron chi connectivity index (χ3n) is 3.22. The van der Waals surface area contributed by atoms with Crippen LogP contribution in [-0.4, -0.2) is 62.3 Å². The van der Waals surface area contributed by atoms with E-state index in [9.17, 15) is 12.8 Å². The van der Waals surface area contributed by atoms with Crippen molar-refractivity contribution in [2.45, 2.75) is 26.3 Å². The second-order valence-electron chi connectivity index (χ2n) is 4.20. The molecule has 0 aromatic rings. The van der Waals surface area contributed by atoms with Crippen molar-refractivity contribution in [3.63, 3.8) is 0 Å². The number of rotatable bonds is 5.